The molecule has 0 saturated heterocycles. The average molecular weight is 246 g/mol. The molecule has 0 saturated carbocycles. The van der Waals surface area contributed by atoms with Crippen molar-refractivity contribution in [2.45, 2.75) is 26.8 Å². The van der Waals surface area contributed by atoms with E-state index in [4.69, 9.17) is 0 Å². The molecule has 1 N–H and O–H groups in total. The van der Waals surface area contributed by atoms with Crippen LogP contribution in [0.4, 0.5) is 0 Å². The van der Waals surface area contributed by atoms with Crippen LogP contribution >= 0.6 is 11.3 Å². The van der Waals surface area contributed by atoms with Crippen molar-refractivity contribution in [1.29, 1.82) is 0 Å². The van der Waals surface area contributed by atoms with E-state index in [-0.39, 0.29) is 6.04 Å². The van der Waals surface area contributed by atoms with Gasteiger partial charge in [0.05, 0.1) is 6.04 Å². The van der Waals surface area contributed by atoms with Crippen LogP contribution in [0.2, 0.25) is 0 Å². The molecule has 1 unspecified atom stereocenters. The highest BCUT2D eigenvalue weighted by Crippen LogP contribution is 2.28. The lowest BCUT2D eigenvalue weighted by Crippen LogP contribution is -2.22. The highest BCUT2D eigenvalue weighted by molar-refractivity contribution is 7.10. The molecule has 0 aromatic carbocycles. The van der Waals surface area contributed by atoms with E-state index in [9.17, 15) is 0 Å². The minimum absolute atomic E-state index is 0.263. The molecule has 0 radical (unpaired) electrons. The lowest BCUT2D eigenvalue weighted by molar-refractivity contribution is 0.627. The monoisotopic (exact) mass is 246 g/mol. The quantitative estimate of drug-likeness (QED) is 0.893. The molecule has 2 nitrogen and oxygen atoms in total. The summed E-state index contributed by atoms with van der Waals surface area (Å²) >= 11 is 1.80. The number of aryl methyl sites for hydroxylation is 2. The molecule has 2 heterocycles. The fraction of sp³-hybridized carbons (Fsp3) is 0.357. The SMILES string of the molecule is CCNC(c1cncc(C)c1)c1ccsc1C. The van der Waals surface area contributed by atoms with E-state index in [1.54, 1.807) is 11.3 Å². The minimum atomic E-state index is 0.263. The Bertz CT molecular complexity index is 490. The summed E-state index contributed by atoms with van der Waals surface area (Å²) in [5.74, 6) is 0. The van der Waals surface area contributed by atoms with Crippen molar-refractivity contribution < 1.29 is 0 Å². The first kappa shape index (κ1) is 12.3. The molecule has 3 heteroatoms. The molecule has 2 aromatic rings. The largest absolute Gasteiger partial charge is 0.306 e. The van der Waals surface area contributed by atoms with E-state index >= 15 is 0 Å². The Morgan fingerprint density at radius 3 is 2.76 bits per heavy atom. The number of thiophene rings is 1. The standard InChI is InChI=1S/C14H18N2S/c1-4-16-14(13-5-6-17-11(13)3)12-7-10(2)8-15-9-12/h5-9,14,16H,4H2,1-3H3. The van der Waals surface area contributed by atoms with Gasteiger partial charge in [-0.15, -0.1) is 11.3 Å². The highest BCUT2D eigenvalue weighted by Gasteiger charge is 2.16. The van der Waals surface area contributed by atoms with Crippen molar-refractivity contribution in [3.63, 3.8) is 0 Å². The van der Waals surface area contributed by atoms with Crippen LogP contribution in [0.15, 0.2) is 29.9 Å². The van der Waals surface area contributed by atoms with Gasteiger partial charge in [-0.1, -0.05) is 13.0 Å². The second-order valence-corrected chi connectivity index (χ2v) is 5.34. The average Bonchev–Trinajstić information content (AvgIpc) is 2.72. The maximum absolute atomic E-state index is 4.29. The second kappa shape index (κ2) is 5.43. The van der Waals surface area contributed by atoms with Crippen LogP contribution in [0.5, 0.6) is 0 Å². The maximum atomic E-state index is 4.29. The fourth-order valence-corrected chi connectivity index (χ4v) is 2.78. The van der Waals surface area contributed by atoms with Gasteiger partial charge in [-0.25, -0.2) is 0 Å². The minimum Gasteiger partial charge on any atom is -0.306 e. The summed E-state index contributed by atoms with van der Waals surface area (Å²) in [6.07, 6.45) is 3.85. The first-order valence-electron chi connectivity index (χ1n) is 5.91. The van der Waals surface area contributed by atoms with Crippen molar-refractivity contribution in [3.05, 3.63) is 51.5 Å². The van der Waals surface area contributed by atoms with Gasteiger partial charge in [0.15, 0.2) is 0 Å². The summed E-state index contributed by atoms with van der Waals surface area (Å²) in [6.45, 7) is 7.35. The third-order valence-electron chi connectivity index (χ3n) is 2.85. The van der Waals surface area contributed by atoms with Crippen molar-refractivity contribution in [2.75, 3.05) is 6.54 Å². The molecule has 1 atom stereocenters. The predicted molar refractivity (Wildman–Crippen MR) is 73.5 cm³/mol. The van der Waals surface area contributed by atoms with Gasteiger partial charge in [0, 0.05) is 17.3 Å². The molecular formula is C14H18N2S. The molecule has 0 aliphatic rings. The molecule has 90 valence electrons. The lowest BCUT2D eigenvalue weighted by Gasteiger charge is -2.18. The van der Waals surface area contributed by atoms with Crippen LogP contribution in [0.3, 0.4) is 0 Å². The third kappa shape index (κ3) is 2.73. The van der Waals surface area contributed by atoms with Gasteiger partial charge >= 0.3 is 0 Å². The third-order valence-corrected chi connectivity index (χ3v) is 3.71. The van der Waals surface area contributed by atoms with Crippen LogP contribution in [-0.4, -0.2) is 11.5 Å². The zero-order valence-corrected chi connectivity index (χ0v) is 11.3. The molecule has 0 fully saturated rings. The van der Waals surface area contributed by atoms with Crippen LogP contribution < -0.4 is 5.32 Å². The van der Waals surface area contributed by atoms with Crippen molar-refractivity contribution >= 4 is 11.3 Å². The highest BCUT2D eigenvalue weighted by atomic mass is 32.1. The topological polar surface area (TPSA) is 24.9 Å². The number of rotatable bonds is 4. The Hall–Kier alpha value is -1.19. The molecule has 17 heavy (non-hydrogen) atoms. The Morgan fingerprint density at radius 2 is 2.18 bits per heavy atom. The van der Waals surface area contributed by atoms with Gasteiger partial charge in [0.1, 0.15) is 0 Å². The van der Waals surface area contributed by atoms with Crippen molar-refractivity contribution in [3.8, 4) is 0 Å². The van der Waals surface area contributed by atoms with Crippen LogP contribution in [0, 0.1) is 13.8 Å². The number of nitrogens with zero attached hydrogens (tertiary/aromatic N) is 1. The van der Waals surface area contributed by atoms with Gasteiger partial charge < -0.3 is 5.32 Å². The van der Waals surface area contributed by atoms with E-state index in [1.165, 1.54) is 21.6 Å². The molecule has 0 aliphatic carbocycles. The summed E-state index contributed by atoms with van der Waals surface area (Å²) in [7, 11) is 0. The normalized spacial score (nSPS) is 12.6. The molecule has 0 spiro atoms. The lowest BCUT2D eigenvalue weighted by atomic mass is 10.00. The first-order chi connectivity index (χ1) is 8.22. The van der Waals surface area contributed by atoms with E-state index < -0.39 is 0 Å². The van der Waals surface area contributed by atoms with Crippen molar-refractivity contribution in [1.82, 2.24) is 10.3 Å². The Balaban J connectivity index is 2.39. The zero-order valence-electron chi connectivity index (χ0n) is 10.5. The summed E-state index contributed by atoms with van der Waals surface area (Å²) in [4.78, 5) is 5.66. The molecule has 0 aliphatic heterocycles. The van der Waals surface area contributed by atoms with Gasteiger partial charge in [0.2, 0.25) is 0 Å². The number of aromatic nitrogens is 1. The molecular weight excluding hydrogens is 228 g/mol. The number of nitrogens with one attached hydrogen (secondary N) is 1. The first-order valence-corrected chi connectivity index (χ1v) is 6.79. The second-order valence-electron chi connectivity index (χ2n) is 4.22. The van der Waals surface area contributed by atoms with Gasteiger partial charge in [-0.05, 0) is 48.5 Å². The van der Waals surface area contributed by atoms with Gasteiger partial charge in [0.25, 0.3) is 0 Å². The van der Waals surface area contributed by atoms with E-state index in [2.05, 4.69) is 48.6 Å². The molecule has 0 bridgehead atoms. The Labute approximate surface area is 107 Å². The number of hydrogen-bond donors (Lipinski definition) is 1. The van der Waals surface area contributed by atoms with Gasteiger partial charge in [-0.3, -0.25) is 4.98 Å². The Morgan fingerprint density at radius 1 is 1.35 bits per heavy atom. The summed E-state index contributed by atoms with van der Waals surface area (Å²) in [5.41, 5.74) is 3.82. The molecule has 2 aromatic heterocycles. The number of hydrogen-bond acceptors (Lipinski definition) is 3. The fourth-order valence-electron chi connectivity index (χ4n) is 2.04. The van der Waals surface area contributed by atoms with E-state index in [0.29, 0.717) is 0 Å². The van der Waals surface area contributed by atoms with Gasteiger partial charge in [-0.2, -0.15) is 0 Å². The molecule has 2 rings (SSSR count). The zero-order chi connectivity index (χ0) is 12.3. The van der Waals surface area contributed by atoms with Crippen LogP contribution in [-0.2, 0) is 0 Å². The summed E-state index contributed by atoms with van der Waals surface area (Å²) < 4.78 is 0. The van der Waals surface area contributed by atoms with Crippen LogP contribution in [0.1, 0.15) is 34.5 Å². The Kier molecular flexibility index (Phi) is 3.92. The predicted octanol–water partition coefficient (Wildman–Crippen LogP) is 3.46. The maximum Gasteiger partial charge on any atom is 0.0602 e. The number of pyridine rings is 1. The van der Waals surface area contributed by atoms with Crippen molar-refractivity contribution in [2.24, 2.45) is 0 Å². The van der Waals surface area contributed by atoms with E-state index in [0.717, 1.165) is 6.54 Å². The molecule has 0 amide bonds. The smallest absolute Gasteiger partial charge is 0.0602 e. The van der Waals surface area contributed by atoms with Crippen LogP contribution in [0.25, 0.3) is 0 Å². The summed E-state index contributed by atoms with van der Waals surface area (Å²) in [6, 6.07) is 4.67. The summed E-state index contributed by atoms with van der Waals surface area (Å²) in [5, 5.41) is 5.69. The van der Waals surface area contributed by atoms with E-state index in [1.807, 2.05) is 12.4 Å².